The van der Waals surface area contributed by atoms with Gasteiger partial charge < -0.3 is 9.31 Å². The minimum atomic E-state index is -0.323. The van der Waals surface area contributed by atoms with Crippen LogP contribution in [0.5, 0.6) is 0 Å². The van der Waals surface area contributed by atoms with Gasteiger partial charge >= 0.3 is 7.12 Å². The largest absolute Gasteiger partial charge is 0.496 e. The predicted molar refractivity (Wildman–Crippen MR) is 84.2 cm³/mol. The van der Waals surface area contributed by atoms with Gasteiger partial charge in [0.2, 0.25) is 0 Å². The Morgan fingerprint density at radius 2 is 1.80 bits per heavy atom. The van der Waals surface area contributed by atoms with Gasteiger partial charge in [-0.3, -0.25) is 4.98 Å². The summed E-state index contributed by atoms with van der Waals surface area (Å²) in [6.45, 7) is 8.31. The van der Waals surface area contributed by atoms with E-state index in [0.717, 1.165) is 15.6 Å². The lowest BCUT2D eigenvalue weighted by molar-refractivity contribution is 0.00578. The van der Waals surface area contributed by atoms with Crippen LogP contribution in [0.2, 0.25) is 0 Å². The molecule has 2 fully saturated rings. The number of halogens is 1. The maximum atomic E-state index is 6.14. The Morgan fingerprint density at radius 3 is 2.30 bits per heavy atom. The van der Waals surface area contributed by atoms with Crippen molar-refractivity contribution in [3.05, 3.63) is 22.4 Å². The molecule has 1 saturated heterocycles. The quantitative estimate of drug-likeness (QED) is 0.775. The summed E-state index contributed by atoms with van der Waals surface area (Å²) in [7, 11) is -0.323. The molecule has 0 aromatic carbocycles. The van der Waals surface area contributed by atoms with Gasteiger partial charge in [0.25, 0.3) is 0 Å². The Kier molecular flexibility index (Phi) is 3.51. The average molecular weight is 338 g/mol. The van der Waals surface area contributed by atoms with Crippen molar-refractivity contribution in [3.8, 4) is 0 Å². The highest BCUT2D eigenvalue weighted by Gasteiger charge is 2.52. The van der Waals surface area contributed by atoms with Crippen molar-refractivity contribution >= 4 is 28.5 Å². The normalized spacial score (nSPS) is 24.8. The topological polar surface area (TPSA) is 31.4 Å². The molecule has 1 aliphatic carbocycles. The Balaban J connectivity index is 1.92. The SMILES string of the molecule is CC1(C)OB(c2ccnc(C3CCC3)c2Br)OC1(C)C. The van der Waals surface area contributed by atoms with Crippen LogP contribution in [0.3, 0.4) is 0 Å². The minimum absolute atomic E-state index is 0.309. The summed E-state index contributed by atoms with van der Waals surface area (Å²) in [6, 6.07) is 1.99. The lowest BCUT2D eigenvalue weighted by Crippen LogP contribution is -2.41. The van der Waals surface area contributed by atoms with E-state index in [9.17, 15) is 0 Å². The molecule has 1 aromatic rings. The first-order valence-corrected chi connectivity index (χ1v) is 8.11. The van der Waals surface area contributed by atoms with E-state index >= 15 is 0 Å². The molecule has 0 unspecified atom stereocenters. The molecule has 0 radical (unpaired) electrons. The molecule has 2 aliphatic rings. The molecule has 3 rings (SSSR count). The smallest absolute Gasteiger partial charge is 0.399 e. The van der Waals surface area contributed by atoms with E-state index < -0.39 is 0 Å². The Bertz CT molecular complexity index is 513. The van der Waals surface area contributed by atoms with Crippen LogP contribution in [0.1, 0.15) is 58.6 Å². The lowest BCUT2D eigenvalue weighted by atomic mass is 9.76. The van der Waals surface area contributed by atoms with Crippen LogP contribution < -0.4 is 5.46 Å². The van der Waals surface area contributed by atoms with Crippen molar-refractivity contribution in [1.82, 2.24) is 4.98 Å². The highest BCUT2D eigenvalue weighted by atomic mass is 79.9. The summed E-state index contributed by atoms with van der Waals surface area (Å²) in [4.78, 5) is 4.55. The van der Waals surface area contributed by atoms with E-state index in [2.05, 4.69) is 48.6 Å². The summed E-state index contributed by atoms with van der Waals surface area (Å²) in [5.74, 6) is 0.590. The van der Waals surface area contributed by atoms with E-state index in [1.54, 1.807) is 0 Å². The van der Waals surface area contributed by atoms with Gasteiger partial charge in [-0.1, -0.05) is 6.42 Å². The fourth-order valence-corrected chi connectivity index (χ4v) is 3.34. The number of hydrogen-bond donors (Lipinski definition) is 0. The summed E-state index contributed by atoms with van der Waals surface area (Å²) in [5.41, 5.74) is 1.60. The second-order valence-electron chi connectivity index (χ2n) is 6.82. The van der Waals surface area contributed by atoms with Gasteiger partial charge in [-0.15, -0.1) is 0 Å². The van der Waals surface area contributed by atoms with E-state index in [4.69, 9.17) is 9.31 Å². The van der Waals surface area contributed by atoms with Gasteiger partial charge in [0, 0.05) is 16.6 Å². The van der Waals surface area contributed by atoms with Crippen LogP contribution in [0.25, 0.3) is 0 Å². The zero-order valence-electron chi connectivity index (χ0n) is 12.6. The summed E-state index contributed by atoms with van der Waals surface area (Å²) >= 11 is 3.72. The van der Waals surface area contributed by atoms with Gasteiger partial charge in [-0.25, -0.2) is 0 Å². The molecular weight excluding hydrogens is 317 g/mol. The van der Waals surface area contributed by atoms with E-state index in [0.29, 0.717) is 5.92 Å². The summed E-state index contributed by atoms with van der Waals surface area (Å²) < 4.78 is 13.3. The minimum Gasteiger partial charge on any atom is -0.399 e. The number of pyridine rings is 1. The molecule has 5 heteroatoms. The zero-order valence-corrected chi connectivity index (χ0v) is 14.2. The molecule has 2 heterocycles. The van der Waals surface area contributed by atoms with Gasteiger partial charge in [0.15, 0.2) is 0 Å². The van der Waals surface area contributed by atoms with E-state index in [-0.39, 0.29) is 18.3 Å². The van der Waals surface area contributed by atoms with Crippen LogP contribution in [-0.4, -0.2) is 23.3 Å². The molecule has 0 N–H and O–H groups in total. The highest BCUT2D eigenvalue weighted by Crippen LogP contribution is 2.40. The van der Waals surface area contributed by atoms with Crippen LogP contribution in [0, 0.1) is 0 Å². The molecule has 1 saturated carbocycles. The molecule has 3 nitrogen and oxygen atoms in total. The molecule has 0 amide bonds. The zero-order chi connectivity index (χ0) is 14.5. The summed E-state index contributed by atoms with van der Waals surface area (Å²) in [5, 5.41) is 0. The Hall–Kier alpha value is -0.385. The third-order valence-electron chi connectivity index (χ3n) is 4.95. The molecule has 20 heavy (non-hydrogen) atoms. The van der Waals surface area contributed by atoms with Crippen molar-refractivity contribution in [3.63, 3.8) is 0 Å². The number of nitrogens with zero attached hydrogens (tertiary/aromatic N) is 1. The first-order chi connectivity index (χ1) is 9.32. The average Bonchev–Trinajstić information content (AvgIpc) is 2.48. The van der Waals surface area contributed by atoms with Gasteiger partial charge in [0.1, 0.15) is 0 Å². The molecule has 1 aromatic heterocycles. The van der Waals surface area contributed by atoms with Crippen molar-refractivity contribution in [2.75, 3.05) is 0 Å². The number of rotatable bonds is 2. The fraction of sp³-hybridized carbons (Fsp3) is 0.667. The molecule has 108 valence electrons. The molecule has 0 spiro atoms. The monoisotopic (exact) mass is 337 g/mol. The van der Waals surface area contributed by atoms with Crippen molar-refractivity contribution in [2.24, 2.45) is 0 Å². The van der Waals surface area contributed by atoms with Crippen LogP contribution in [-0.2, 0) is 9.31 Å². The third kappa shape index (κ3) is 2.24. The number of hydrogen-bond acceptors (Lipinski definition) is 3. The van der Waals surface area contributed by atoms with Crippen molar-refractivity contribution in [2.45, 2.75) is 64.1 Å². The van der Waals surface area contributed by atoms with Crippen LogP contribution in [0.4, 0.5) is 0 Å². The third-order valence-corrected chi connectivity index (χ3v) is 5.81. The first kappa shape index (κ1) is 14.5. The van der Waals surface area contributed by atoms with Crippen molar-refractivity contribution < 1.29 is 9.31 Å². The molecule has 0 bridgehead atoms. The fourth-order valence-electron chi connectivity index (χ4n) is 2.59. The predicted octanol–water partition coefficient (Wildman–Crippen LogP) is 3.41. The van der Waals surface area contributed by atoms with E-state index in [1.165, 1.54) is 19.3 Å². The van der Waals surface area contributed by atoms with Crippen LogP contribution >= 0.6 is 15.9 Å². The first-order valence-electron chi connectivity index (χ1n) is 7.32. The Labute approximate surface area is 129 Å². The number of aromatic nitrogens is 1. The second-order valence-corrected chi connectivity index (χ2v) is 7.61. The van der Waals surface area contributed by atoms with E-state index in [1.807, 2.05) is 12.3 Å². The maximum Gasteiger partial charge on any atom is 0.496 e. The highest BCUT2D eigenvalue weighted by molar-refractivity contribution is 9.10. The lowest BCUT2D eigenvalue weighted by Gasteiger charge is -2.32. The van der Waals surface area contributed by atoms with Crippen molar-refractivity contribution in [1.29, 1.82) is 0 Å². The summed E-state index contributed by atoms with van der Waals surface area (Å²) in [6.07, 6.45) is 5.65. The Morgan fingerprint density at radius 1 is 1.20 bits per heavy atom. The molecule has 0 atom stereocenters. The molecular formula is C15H21BBrNO2. The van der Waals surface area contributed by atoms with Gasteiger partial charge in [-0.2, -0.15) is 0 Å². The standard InChI is InChI=1S/C15H21BBrNO2/c1-14(2)15(3,4)20-16(19-14)11-8-9-18-13(12(11)17)10-6-5-7-10/h8-10H,5-7H2,1-4H3. The maximum absolute atomic E-state index is 6.14. The second kappa shape index (κ2) is 4.82. The van der Waals surface area contributed by atoms with Crippen LogP contribution in [0.15, 0.2) is 16.7 Å². The van der Waals surface area contributed by atoms with Gasteiger partial charge in [-0.05, 0) is 68.0 Å². The molecule has 1 aliphatic heterocycles. The van der Waals surface area contributed by atoms with Gasteiger partial charge in [0.05, 0.1) is 16.9 Å².